The Kier molecular flexibility index (Phi) is 12.9. The van der Waals surface area contributed by atoms with Crippen molar-refractivity contribution in [3.63, 3.8) is 0 Å². The van der Waals surface area contributed by atoms with Gasteiger partial charge in [-0.05, 0) is 12.8 Å². The van der Waals surface area contributed by atoms with Crippen LogP contribution in [-0.4, -0.2) is 14.1 Å². The highest BCUT2D eigenvalue weighted by atomic mass is 32.2. The van der Waals surface area contributed by atoms with Gasteiger partial charge in [0, 0.05) is 5.37 Å². The van der Waals surface area contributed by atoms with Gasteiger partial charge in [-0.15, -0.1) is 0 Å². The monoisotopic (exact) mass is 291 g/mol. The van der Waals surface area contributed by atoms with Crippen molar-refractivity contribution in [1.82, 2.24) is 0 Å². The molecule has 0 rings (SSSR count). The van der Waals surface area contributed by atoms with E-state index >= 15 is 0 Å². The molecule has 0 spiro atoms. The molecule has 0 radical (unpaired) electrons. The van der Waals surface area contributed by atoms with Gasteiger partial charge in [0.15, 0.2) is 0 Å². The lowest BCUT2D eigenvalue weighted by molar-refractivity contribution is 0.545. The van der Waals surface area contributed by atoms with Crippen molar-refractivity contribution in [2.75, 3.05) is 0 Å². The van der Waals surface area contributed by atoms with Gasteiger partial charge >= 0.3 is 0 Å². The first-order chi connectivity index (χ1) is 9.06. The fourth-order valence-corrected chi connectivity index (χ4v) is 2.74. The molecule has 0 aromatic carbocycles. The highest BCUT2D eigenvalue weighted by Crippen LogP contribution is 2.12. The van der Waals surface area contributed by atoms with Gasteiger partial charge < -0.3 is 4.55 Å². The van der Waals surface area contributed by atoms with Crippen molar-refractivity contribution < 1.29 is 8.76 Å². The minimum absolute atomic E-state index is 0.656. The minimum atomic E-state index is -3.11. The number of hydrogen-bond acceptors (Lipinski definition) is 1. The quantitative estimate of drug-likeness (QED) is 0.387. The summed E-state index contributed by atoms with van der Waals surface area (Å²) in [7, 11) is -3.11. The third kappa shape index (κ3) is 17.9. The van der Waals surface area contributed by atoms with E-state index in [0.717, 1.165) is 12.8 Å². The average molecular weight is 292 g/mol. The average Bonchev–Trinajstić information content (AvgIpc) is 2.34. The van der Waals surface area contributed by atoms with Gasteiger partial charge in [-0.1, -0.05) is 77.6 Å². The molecule has 0 aromatic heterocycles. The first kappa shape index (κ1) is 18.9. The highest BCUT2D eigenvalue weighted by molar-refractivity contribution is 7.93. The second-order valence-electron chi connectivity index (χ2n) is 5.46. The van der Waals surface area contributed by atoms with E-state index < -0.39 is 9.99 Å². The van der Waals surface area contributed by atoms with E-state index in [0.29, 0.717) is 6.42 Å². The molecule has 0 saturated heterocycles. The molecular formula is C15H33NO2S. The lowest BCUT2D eigenvalue weighted by atomic mass is 10.1. The van der Waals surface area contributed by atoms with Crippen LogP contribution in [0.15, 0.2) is 0 Å². The van der Waals surface area contributed by atoms with Crippen molar-refractivity contribution in [2.45, 2.75) is 90.4 Å². The molecule has 3 nitrogen and oxygen atoms in total. The Morgan fingerprint density at radius 3 is 1.58 bits per heavy atom. The Hall–Kier alpha value is -0.0600. The number of rotatable bonds is 13. The summed E-state index contributed by atoms with van der Waals surface area (Å²) in [5.41, 5.74) is 0. The lowest BCUT2D eigenvalue weighted by Gasteiger charge is -2.02. The molecule has 3 N–H and O–H groups in total. The van der Waals surface area contributed by atoms with Crippen LogP contribution in [0.5, 0.6) is 0 Å². The Morgan fingerprint density at radius 2 is 1.21 bits per heavy atom. The Morgan fingerprint density at radius 1 is 0.842 bits per heavy atom. The zero-order valence-electron chi connectivity index (χ0n) is 12.6. The van der Waals surface area contributed by atoms with Gasteiger partial charge in [0.1, 0.15) is 9.99 Å². The van der Waals surface area contributed by atoms with E-state index in [1.807, 2.05) is 0 Å². The zero-order chi connectivity index (χ0) is 14.4. The summed E-state index contributed by atoms with van der Waals surface area (Å²) in [5.74, 6) is 0. The first-order valence-electron chi connectivity index (χ1n) is 7.94. The fourth-order valence-electron chi connectivity index (χ4n) is 2.24. The van der Waals surface area contributed by atoms with E-state index in [-0.39, 0.29) is 0 Å². The molecule has 0 heterocycles. The maximum absolute atomic E-state index is 10.8. The standard InChI is InChI=1S/C15H33NO2S/c1-2-3-4-5-6-7-8-9-10-11-12-13-14-15-19(16,17)18/h15H,2-14H2,1H3,(H3,16,17,18). The molecule has 1 atom stereocenters. The van der Waals surface area contributed by atoms with Crippen LogP contribution in [0.3, 0.4) is 0 Å². The predicted molar refractivity (Wildman–Crippen MR) is 86.7 cm³/mol. The van der Waals surface area contributed by atoms with E-state index in [9.17, 15) is 4.21 Å². The smallest absolute Gasteiger partial charge is 0.138 e. The van der Waals surface area contributed by atoms with Crippen molar-refractivity contribution in [3.8, 4) is 0 Å². The van der Waals surface area contributed by atoms with Crippen molar-refractivity contribution in [1.29, 1.82) is 0 Å². The van der Waals surface area contributed by atoms with Gasteiger partial charge in [-0.2, -0.15) is 0 Å². The summed E-state index contributed by atoms with van der Waals surface area (Å²) in [5, 5.41) is 6.34. The highest BCUT2D eigenvalue weighted by Gasteiger charge is 1.94. The normalized spacial score (nSPS) is 14.3. The molecule has 4 heteroatoms. The van der Waals surface area contributed by atoms with Crippen molar-refractivity contribution >= 4 is 15.4 Å². The predicted octanol–water partition coefficient (Wildman–Crippen LogP) is 4.51. The third-order valence-corrected chi connectivity index (χ3v) is 4.13. The van der Waals surface area contributed by atoms with E-state index in [2.05, 4.69) is 6.92 Å². The molecule has 0 bridgehead atoms. The molecule has 0 saturated carbocycles. The zero-order valence-corrected chi connectivity index (χ0v) is 13.4. The van der Waals surface area contributed by atoms with E-state index in [1.165, 1.54) is 69.6 Å². The first-order valence-corrected chi connectivity index (χ1v) is 9.58. The molecule has 0 aliphatic carbocycles. The third-order valence-electron chi connectivity index (χ3n) is 3.41. The number of hydrogen-bond donors (Lipinski definition) is 2. The molecule has 1 unspecified atom stereocenters. The van der Waals surface area contributed by atoms with Crippen LogP contribution in [0.4, 0.5) is 0 Å². The van der Waals surface area contributed by atoms with Gasteiger partial charge in [0.05, 0.1) is 0 Å². The number of nitrogens with two attached hydrogens (primary N) is 1. The summed E-state index contributed by atoms with van der Waals surface area (Å²) in [4.78, 5) is 0. The van der Waals surface area contributed by atoms with Gasteiger partial charge in [0.25, 0.3) is 0 Å². The molecule has 19 heavy (non-hydrogen) atoms. The summed E-state index contributed by atoms with van der Waals surface area (Å²) in [6, 6.07) is 0. The van der Waals surface area contributed by atoms with Crippen LogP contribution in [-0.2, 0) is 9.99 Å². The Balaban J connectivity index is 3.09. The Labute approximate surface area is 120 Å². The minimum Gasteiger partial charge on any atom is -0.303 e. The topological polar surface area (TPSA) is 63.3 Å². The maximum Gasteiger partial charge on any atom is 0.138 e. The van der Waals surface area contributed by atoms with E-state index in [1.54, 1.807) is 0 Å². The molecule has 0 fully saturated rings. The summed E-state index contributed by atoms with van der Waals surface area (Å²) in [6.45, 7) is 2.25. The van der Waals surface area contributed by atoms with Gasteiger partial charge in [-0.3, -0.25) is 0 Å². The summed E-state index contributed by atoms with van der Waals surface area (Å²) >= 11 is 0. The second-order valence-corrected chi connectivity index (χ2v) is 7.02. The second kappa shape index (κ2) is 12.9. The SMILES string of the molecule is CCCCCCCCCCCCCCC=S(N)(=O)O. The van der Waals surface area contributed by atoms with Crippen molar-refractivity contribution in [2.24, 2.45) is 5.14 Å². The summed E-state index contributed by atoms with van der Waals surface area (Å²) in [6.07, 6.45) is 16.3. The fraction of sp³-hybridized carbons (Fsp3) is 0.933. The Bertz CT molecular complexity index is 289. The molecule has 116 valence electrons. The van der Waals surface area contributed by atoms with E-state index in [4.69, 9.17) is 9.69 Å². The molecule has 0 amide bonds. The van der Waals surface area contributed by atoms with Gasteiger partial charge in [0.2, 0.25) is 0 Å². The molecule has 0 aliphatic heterocycles. The molecule has 0 aromatic rings. The van der Waals surface area contributed by atoms with Crippen LogP contribution < -0.4 is 5.14 Å². The summed E-state index contributed by atoms with van der Waals surface area (Å²) < 4.78 is 19.6. The largest absolute Gasteiger partial charge is 0.303 e. The van der Waals surface area contributed by atoms with Crippen LogP contribution in [0.2, 0.25) is 0 Å². The van der Waals surface area contributed by atoms with Crippen LogP contribution in [0.25, 0.3) is 0 Å². The van der Waals surface area contributed by atoms with Crippen LogP contribution >= 0.6 is 0 Å². The molecule has 0 aliphatic rings. The maximum atomic E-state index is 10.8. The van der Waals surface area contributed by atoms with Crippen LogP contribution in [0.1, 0.15) is 90.4 Å². The molecular weight excluding hydrogens is 258 g/mol. The van der Waals surface area contributed by atoms with Crippen molar-refractivity contribution in [3.05, 3.63) is 0 Å². The number of unbranched alkanes of at least 4 members (excludes halogenated alkanes) is 12. The lowest BCUT2D eigenvalue weighted by Crippen LogP contribution is -2.13. The van der Waals surface area contributed by atoms with Gasteiger partial charge in [-0.25, -0.2) is 9.35 Å². The van der Waals surface area contributed by atoms with Crippen LogP contribution in [0, 0.1) is 0 Å².